The maximum Gasteiger partial charge on any atom is 0.387 e. The van der Waals surface area contributed by atoms with E-state index in [1.165, 1.54) is 12.1 Å². The Morgan fingerprint density at radius 3 is 2.65 bits per heavy atom. The topological polar surface area (TPSA) is 50.4 Å². The first-order valence-electron chi connectivity index (χ1n) is 6.57. The number of carbonyl (C=O) groups is 1. The van der Waals surface area contributed by atoms with Crippen LogP contribution in [0.5, 0.6) is 5.75 Å². The molecule has 1 aromatic rings. The van der Waals surface area contributed by atoms with Crippen LogP contribution < -0.4 is 15.4 Å². The van der Waals surface area contributed by atoms with E-state index in [0.717, 1.165) is 25.9 Å². The summed E-state index contributed by atoms with van der Waals surface area (Å²) < 4.78 is 29.1. The van der Waals surface area contributed by atoms with Crippen LogP contribution in [-0.4, -0.2) is 31.1 Å². The number of benzene rings is 1. The molecule has 1 aromatic carbocycles. The molecule has 4 nitrogen and oxygen atoms in total. The Balaban J connectivity index is 2.12. The molecule has 0 saturated carbocycles. The van der Waals surface area contributed by atoms with Gasteiger partial charge in [-0.3, -0.25) is 4.79 Å². The molecule has 6 heteroatoms. The predicted octanol–water partition coefficient (Wildman–Crippen LogP) is 2.16. The fourth-order valence-electron chi connectivity index (χ4n) is 2.30. The second-order valence-electron chi connectivity index (χ2n) is 5.14. The largest absolute Gasteiger partial charge is 0.434 e. The molecule has 0 bridgehead atoms. The molecule has 1 amide bonds. The number of ether oxygens (including phenoxy) is 1. The Bertz CT molecular complexity index is 474. The van der Waals surface area contributed by atoms with E-state index >= 15 is 0 Å². The van der Waals surface area contributed by atoms with Crippen molar-refractivity contribution in [3.63, 3.8) is 0 Å². The number of carbonyl (C=O) groups excluding carboxylic acids is 1. The second-order valence-corrected chi connectivity index (χ2v) is 5.14. The maximum absolute atomic E-state index is 12.3. The molecular weight excluding hydrogens is 266 g/mol. The molecule has 1 aliphatic rings. The summed E-state index contributed by atoms with van der Waals surface area (Å²) in [6.07, 6.45) is 1.60. The van der Waals surface area contributed by atoms with Crippen molar-refractivity contribution >= 4 is 5.91 Å². The smallest absolute Gasteiger partial charge is 0.387 e. The van der Waals surface area contributed by atoms with E-state index < -0.39 is 6.61 Å². The first-order chi connectivity index (χ1) is 9.50. The number of alkyl halides is 2. The van der Waals surface area contributed by atoms with Crippen LogP contribution in [0.3, 0.4) is 0 Å². The van der Waals surface area contributed by atoms with E-state index in [-0.39, 0.29) is 22.8 Å². The Kier molecular flexibility index (Phi) is 4.54. The van der Waals surface area contributed by atoms with Crippen molar-refractivity contribution in [1.82, 2.24) is 10.6 Å². The second kappa shape index (κ2) is 6.17. The maximum atomic E-state index is 12.3. The average Bonchev–Trinajstić information content (AvgIpc) is 2.38. The number of hydrogen-bond donors (Lipinski definition) is 2. The zero-order chi connectivity index (χ0) is 14.6. The van der Waals surface area contributed by atoms with E-state index in [1.807, 2.05) is 6.92 Å². The lowest BCUT2D eigenvalue weighted by atomic mass is 9.90. The van der Waals surface area contributed by atoms with Gasteiger partial charge < -0.3 is 15.4 Å². The van der Waals surface area contributed by atoms with Crippen LogP contribution >= 0.6 is 0 Å². The first-order valence-corrected chi connectivity index (χ1v) is 6.57. The van der Waals surface area contributed by atoms with Gasteiger partial charge in [0.1, 0.15) is 5.75 Å². The summed E-state index contributed by atoms with van der Waals surface area (Å²) in [6.45, 7) is 0.665. The number of hydrogen-bond acceptors (Lipinski definition) is 3. The zero-order valence-electron chi connectivity index (χ0n) is 11.3. The predicted molar refractivity (Wildman–Crippen MR) is 71.0 cm³/mol. The minimum Gasteiger partial charge on any atom is -0.434 e. The van der Waals surface area contributed by atoms with Gasteiger partial charge in [-0.1, -0.05) is 12.1 Å². The molecule has 110 valence electrons. The molecule has 0 spiro atoms. The minimum atomic E-state index is -2.95. The molecule has 0 aromatic heterocycles. The van der Waals surface area contributed by atoms with Crippen molar-refractivity contribution in [3.05, 3.63) is 29.8 Å². The third-order valence-electron chi connectivity index (χ3n) is 3.47. The quantitative estimate of drug-likeness (QED) is 0.891. The van der Waals surface area contributed by atoms with E-state index in [2.05, 4.69) is 15.4 Å². The summed E-state index contributed by atoms with van der Waals surface area (Å²) in [5.41, 5.74) is -0.187. The summed E-state index contributed by atoms with van der Waals surface area (Å²) in [7, 11) is 0. The van der Waals surface area contributed by atoms with Gasteiger partial charge in [0.2, 0.25) is 0 Å². The monoisotopic (exact) mass is 284 g/mol. The van der Waals surface area contributed by atoms with Gasteiger partial charge in [0.15, 0.2) is 0 Å². The molecule has 2 N–H and O–H groups in total. The molecule has 20 heavy (non-hydrogen) atoms. The first kappa shape index (κ1) is 14.7. The van der Waals surface area contributed by atoms with Gasteiger partial charge in [0.05, 0.1) is 5.56 Å². The van der Waals surface area contributed by atoms with Gasteiger partial charge in [0.25, 0.3) is 5.91 Å². The molecular formula is C14H18F2N2O2. The Morgan fingerprint density at radius 1 is 1.35 bits per heavy atom. The number of nitrogens with one attached hydrogen (secondary N) is 2. The fourth-order valence-corrected chi connectivity index (χ4v) is 2.30. The standard InChI is InChI=1S/C14H18F2N2O2/c1-14(6-8-17-9-7-14)18-12(19)10-4-2-3-5-11(10)20-13(15)16/h2-5,13,17H,6-9H2,1H3,(H,18,19). The summed E-state index contributed by atoms with van der Waals surface area (Å²) >= 11 is 0. The lowest BCUT2D eigenvalue weighted by Gasteiger charge is -2.35. The molecule has 0 radical (unpaired) electrons. The molecule has 1 fully saturated rings. The summed E-state index contributed by atoms with van der Waals surface area (Å²) in [5, 5.41) is 6.14. The fraction of sp³-hybridized carbons (Fsp3) is 0.500. The van der Waals surface area contributed by atoms with Crippen LogP contribution in [0, 0.1) is 0 Å². The van der Waals surface area contributed by atoms with Crippen LogP contribution in [0.4, 0.5) is 8.78 Å². The number of rotatable bonds is 4. The highest BCUT2D eigenvalue weighted by molar-refractivity contribution is 5.97. The number of halogens is 2. The van der Waals surface area contributed by atoms with E-state index in [9.17, 15) is 13.6 Å². The van der Waals surface area contributed by atoms with Crippen LogP contribution in [0.25, 0.3) is 0 Å². The lowest BCUT2D eigenvalue weighted by Crippen LogP contribution is -2.52. The summed E-state index contributed by atoms with van der Waals surface area (Å²) in [5.74, 6) is -0.483. The van der Waals surface area contributed by atoms with E-state index in [0.29, 0.717) is 0 Å². The van der Waals surface area contributed by atoms with Crippen molar-refractivity contribution < 1.29 is 18.3 Å². The van der Waals surface area contributed by atoms with Gasteiger partial charge in [-0.15, -0.1) is 0 Å². The molecule has 1 aliphatic heterocycles. The Morgan fingerprint density at radius 2 is 2.00 bits per heavy atom. The molecule has 0 atom stereocenters. The highest BCUT2D eigenvalue weighted by Crippen LogP contribution is 2.23. The third-order valence-corrected chi connectivity index (χ3v) is 3.47. The van der Waals surface area contributed by atoms with E-state index in [1.54, 1.807) is 12.1 Å². The van der Waals surface area contributed by atoms with Crippen molar-refractivity contribution in [2.24, 2.45) is 0 Å². The van der Waals surface area contributed by atoms with Gasteiger partial charge in [-0.05, 0) is 45.0 Å². The van der Waals surface area contributed by atoms with Gasteiger partial charge in [0, 0.05) is 5.54 Å². The highest BCUT2D eigenvalue weighted by atomic mass is 19.3. The third kappa shape index (κ3) is 3.66. The Labute approximate surface area is 116 Å². The Hall–Kier alpha value is -1.69. The summed E-state index contributed by atoms with van der Waals surface area (Å²) in [6, 6.07) is 6.03. The summed E-state index contributed by atoms with van der Waals surface area (Å²) in [4.78, 5) is 12.3. The zero-order valence-corrected chi connectivity index (χ0v) is 11.3. The van der Waals surface area contributed by atoms with Crippen molar-refractivity contribution in [1.29, 1.82) is 0 Å². The highest BCUT2D eigenvalue weighted by Gasteiger charge is 2.29. The molecule has 1 saturated heterocycles. The van der Waals surface area contributed by atoms with Gasteiger partial charge >= 0.3 is 6.61 Å². The average molecular weight is 284 g/mol. The molecule has 0 unspecified atom stereocenters. The van der Waals surface area contributed by atoms with Crippen LogP contribution in [0.2, 0.25) is 0 Å². The number of para-hydroxylation sites is 1. The molecule has 2 rings (SSSR count). The van der Waals surface area contributed by atoms with Crippen molar-refractivity contribution in [2.75, 3.05) is 13.1 Å². The lowest BCUT2D eigenvalue weighted by molar-refractivity contribution is -0.0501. The van der Waals surface area contributed by atoms with E-state index in [4.69, 9.17) is 0 Å². The molecule has 1 heterocycles. The SMILES string of the molecule is CC1(NC(=O)c2ccccc2OC(F)F)CCNCC1. The number of piperidine rings is 1. The van der Waals surface area contributed by atoms with Crippen molar-refractivity contribution in [3.8, 4) is 5.75 Å². The van der Waals surface area contributed by atoms with Crippen LogP contribution in [-0.2, 0) is 0 Å². The minimum absolute atomic E-state index is 0.0995. The van der Waals surface area contributed by atoms with Crippen LogP contribution in [0.1, 0.15) is 30.1 Å². The van der Waals surface area contributed by atoms with Gasteiger partial charge in [-0.2, -0.15) is 8.78 Å². The van der Waals surface area contributed by atoms with Crippen LogP contribution in [0.15, 0.2) is 24.3 Å². The van der Waals surface area contributed by atoms with Gasteiger partial charge in [-0.25, -0.2) is 0 Å². The molecule has 0 aliphatic carbocycles. The number of amides is 1. The normalized spacial score (nSPS) is 17.8. The van der Waals surface area contributed by atoms with Crippen molar-refractivity contribution in [2.45, 2.75) is 31.9 Å².